The van der Waals surface area contributed by atoms with E-state index in [0.717, 1.165) is 33.1 Å². The number of aryl methyl sites for hydroxylation is 1. The number of anilines is 2. The van der Waals surface area contributed by atoms with Crippen molar-refractivity contribution >= 4 is 52.5 Å². The van der Waals surface area contributed by atoms with Gasteiger partial charge in [0.1, 0.15) is 12.4 Å². The van der Waals surface area contributed by atoms with Gasteiger partial charge in [0.15, 0.2) is 0 Å². The number of nitrogens with two attached hydrogens (primary N) is 2. The number of aromatic nitrogens is 1. The second-order valence-corrected chi connectivity index (χ2v) is 9.91. The maximum atomic E-state index is 12.5. The molecule has 1 aliphatic rings. The number of hydrogen-bond donors (Lipinski definition) is 4. The van der Waals surface area contributed by atoms with Gasteiger partial charge in [0.25, 0.3) is 5.91 Å². The third-order valence-electron chi connectivity index (χ3n) is 5.72. The van der Waals surface area contributed by atoms with Crippen molar-refractivity contribution in [3.05, 3.63) is 75.1 Å². The summed E-state index contributed by atoms with van der Waals surface area (Å²) in [5, 5.41) is 18.6. The van der Waals surface area contributed by atoms with Crippen LogP contribution in [-0.4, -0.2) is 64.1 Å². The topological polar surface area (TPSA) is 197 Å². The van der Waals surface area contributed by atoms with Crippen molar-refractivity contribution < 1.29 is 47.4 Å². The van der Waals surface area contributed by atoms with Crippen molar-refractivity contribution in [1.82, 2.24) is 4.98 Å². The van der Waals surface area contributed by atoms with E-state index in [9.17, 15) is 32.3 Å². The Balaban J connectivity index is 0.000000255. The third kappa shape index (κ3) is 9.89. The van der Waals surface area contributed by atoms with Crippen LogP contribution in [0.4, 0.5) is 24.7 Å². The van der Waals surface area contributed by atoms with Gasteiger partial charge in [0.2, 0.25) is 11.8 Å². The lowest BCUT2D eigenvalue weighted by atomic mass is 10.1. The molecule has 3 amide bonds. The van der Waals surface area contributed by atoms with E-state index < -0.39 is 36.5 Å². The number of amides is 3. The molecule has 0 saturated heterocycles. The van der Waals surface area contributed by atoms with Crippen molar-refractivity contribution in [1.29, 1.82) is 0 Å². The second kappa shape index (κ2) is 14.9. The number of thiazole rings is 1. The number of primary amides is 1. The van der Waals surface area contributed by atoms with Gasteiger partial charge < -0.3 is 26.6 Å². The van der Waals surface area contributed by atoms with E-state index in [1.54, 1.807) is 47.5 Å². The molecule has 2 aromatic carbocycles. The summed E-state index contributed by atoms with van der Waals surface area (Å²) < 4.78 is 31.7. The fraction of sp³-hybridized carbons (Fsp3) is 0.259. The lowest BCUT2D eigenvalue weighted by Crippen LogP contribution is -2.36. The van der Waals surface area contributed by atoms with Gasteiger partial charge >= 0.3 is 18.1 Å². The molecular weight excluding hydrogens is 595 g/mol. The van der Waals surface area contributed by atoms with Crippen LogP contribution in [0.3, 0.4) is 0 Å². The van der Waals surface area contributed by atoms with Gasteiger partial charge in [-0.15, -0.1) is 11.3 Å². The second-order valence-electron chi connectivity index (χ2n) is 8.85. The van der Waals surface area contributed by atoms with Gasteiger partial charge in [-0.1, -0.05) is 18.2 Å². The maximum Gasteiger partial charge on any atom is 0.490 e. The molecule has 0 fully saturated rings. The van der Waals surface area contributed by atoms with Crippen LogP contribution in [0, 0.1) is 6.92 Å². The summed E-state index contributed by atoms with van der Waals surface area (Å²) in [6, 6.07) is 12.1. The van der Waals surface area contributed by atoms with Gasteiger partial charge in [-0.3, -0.25) is 24.1 Å². The van der Waals surface area contributed by atoms with E-state index in [1.807, 2.05) is 12.1 Å². The summed E-state index contributed by atoms with van der Waals surface area (Å²) in [6.07, 6.45) is -4.24. The highest BCUT2D eigenvalue weighted by molar-refractivity contribution is 7.09. The summed E-state index contributed by atoms with van der Waals surface area (Å²) in [6.45, 7) is 3.89. The molecule has 6 N–H and O–H groups in total. The molecule has 0 atom stereocenters. The summed E-state index contributed by atoms with van der Waals surface area (Å²) in [7, 11) is 0. The van der Waals surface area contributed by atoms with Gasteiger partial charge in [-0.2, -0.15) is 13.2 Å². The Morgan fingerprint density at radius 2 is 1.72 bits per heavy atom. The number of carboxylic acid groups (broad SMARTS) is 2. The normalized spacial score (nSPS) is 11.7. The van der Waals surface area contributed by atoms with Crippen LogP contribution in [-0.2, 0) is 27.3 Å². The Labute approximate surface area is 247 Å². The number of carbonyl (C=O) groups excluding carboxylic acids is 3. The van der Waals surface area contributed by atoms with Crippen LogP contribution in [0.15, 0.2) is 47.8 Å². The van der Waals surface area contributed by atoms with Crippen LogP contribution in [0.2, 0.25) is 0 Å². The largest absolute Gasteiger partial charge is 0.490 e. The number of hydrogen-bond acceptors (Lipinski definition) is 8. The number of benzene rings is 2. The van der Waals surface area contributed by atoms with E-state index in [2.05, 4.69) is 4.98 Å². The molecule has 0 aliphatic carbocycles. The monoisotopic (exact) mass is 623 g/mol. The van der Waals surface area contributed by atoms with Crippen LogP contribution < -0.4 is 21.3 Å². The fourth-order valence-corrected chi connectivity index (χ4v) is 4.32. The highest BCUT2D eigenvalue weighted by Gasteiger charge is 2.38. The average molecular weight is 624 g/mol. The number of fused-ring (bicyclic) bond motifs is 1. The quantitative estimate of drug-likeness (QED) is 0.319. The first-order valence-electron chi connectivity index (χ1n) is 12.3. The Morgan fingerprint density at radius 3 is 2.21 bits per heavy atom. The minimum Gasteiger partial charge on any atom is -0.480 e. The van der Waals surface area contributed by atoms with E-state index >= 15 is 0 Å². The van der Waals surface area contributed by atoms with Gasteiger partial charge in [-0.05, 0) is 48.7 Å². The van der Waals surface area contributed by atoms with Gasteiger partial charge in [0, 0.05) is 42.2 Å². The number of carboxylic acids is 2. The number of carbonyl (C=O) groups is 5. The predicted molar refractivity (Wildman–Crippen MR) is 151 cm³/mol. The maximum absolute atomic E-state index is 12.5. The first-order chi connectivity index (χ1) is 20.0. The Kier molecular flexibility index (Phi) is 11.9. The summed E-state index contributed by atoms with van der Waals surface area (Å²) >= 11 is 1.36. The molecule has 4 rings (SSSR count). The molecule has 1 aliphatic heterocycles. The number of nitrogens with zero attached hydrogens (tertiary/aromatic N) is 3. The summed E-state index contributed by atoms with van der Waals surface area (Å²) in [4.78, 5) is 61.8. The molecule has 1 aromatic heterocycles. The molecule has 3 aromatic rings. The third-order valence-corrected chi connectivity index (χ3v) is 6.48. The lowest BCUT2D eigenvalue weighted by molar-refractivity contribution is -0.192. The number of aliphatic carboxylic acids is 2. The molecule has 0 saturated carbocycles. The first-order valence-corrected chi connectivity index (χ1v) is 13.2. The van der Waals surface area contributed by atoms with Crippen molar-refractivity contribution in [2.24, 2.45) is 11.5 Å². The molecule has 0 unspecified atom stereocenters. The standard InChI is InChI=1S/C14H15N3O3S.C11H12N2O2.C2HF3O2/c1-9-16-12(8-21-9)17(7-13(18)19)14(20)11-4-2-3-10(5-11)6-15;1-7(14)13-5-4-8-2-3-9(11(12)15)6-10(8)13;3-2(4,5)1(6)7/h2-5,8H,6-7,15H2,1H3,(H,18,19);2-3,6H,4-5H2,1H3,(H2,12,15);(H,6,7). The minimum absolute atomic E-state index is 0.00429. The van der Waals surface area contributed by atoms with Crippen LogP contribution in [0.5, 0.6) is 0 Å². The van der Waals surface area contributed by atoms with Gasteiger partial charge in [0.05, 0.1) is 5.01 Å². The Bertz CT molecular complexity index is 1510. The van der Waals surface area contributed by atoms with Crippen molar-refractivity contribution in [3.8, 4) is 0 Å². The fourth-order valence-electron chi connectivity index (χ4n) is 3.71. The van der Waals surface area contributed by atoms with E-state index in [1.165, 1.54) is 18.3 Å². The molecule has 16 heteroatoms. The molecular formula is C27H28F3N5O7S. The van der Waals surface area contributed by atoms with E-state index in [0.29, 0.717) is 30.0 Å². The summed E-state index contributed by atoms with van der Waals surface area (Å²) in [5.41, 5.74) is 14.3. The number of halogens is 3. The van der Waals surface area contributed by atoms with Gasteiger partial charge in [-0.25, -0.2) is 9.78 Å². The summed E-state index contributed by atoms with van der Waals surface area (Å²) in [5.74, 6) is -4.37. The Morgan fingerprint density at radius 1 is 1.07 bits per heavy atom. The molecule has 12 nitrogen and oxygen atoms in total. The molecule has 2 heterocycles. The smallest absolute Gasteiger partial charge is 0.480 e. The van der Waals surface area contributed by atoms with Crippen molar-refractivity contribution in [2.75, 3.05) is 22.9 Å². The van der Waals surface area contributed by atoms with E-state index in [-0.39, 0.29) is 5.91 Å². The zero-order chi connectivity index (χ0) is 32.5. The molecule has 43 heavy (non-hydrogen) atoms. The SMILES string of the molecule is CC(=O)N1CCc2ccc(C(N)=O)cc21.Cc1nc(N(CC(=O)O)C(=O)c2cccc(CN)c2)cs1.O=C(O)C(F)(F)F. The van der Waals surface area contributed by atoms with Crippen LogP contribution >= 0.6 is 11.3 Å². The minimum atomic E-state index is -5.08. The zero-order valence-electron chi connectivity index (χ0n) is 22.9. The van der Waals surface area contributed by atoms with Crippen LogP contribution in [0.25, 0.3) is 0 Å². The molecule has 0 bridgehead atoms. The molecule has 0 spiro atoms. The van der Waals surface area contributed by atoms with Crippen LogP contribution in [0.1, 0.15) is 43.8 Å². The highest BCUT2D eigenvalue weighted by atomic mass is 32.1. The highest BCUT2D eigenvalue weighted by Crippen LogP contribution is 2.29. The lowest BCUT2D eigenvalue weighted by Gasteiger charge is -2.18. The Hall–Kier alpha value is -4.83. The van der Waals surface area contributed by atoms with Crippen molar-refractivity contribution in [2.45, 2.75) is 33.0 Å². The van der Waals surface area contributed by atoms with E-state index in [4.69, 9.17) is 26.5 Å². The first kappa shape index (κ1) is 34.4. The number of alkyl halides is 3. The zero-order valence-corrected chi connectivity index (χ0v) is 23.7. The molecule has 0 radical (unpaired) electrons. The average Bonchev–Trinajstić information content (AvgIpc) is 3.57. The molecule has 230 valence electrons. The predicted octanol–water partition coefficient (Wildman–Crippen LogP) is 2.97. The van der Waals surface area contributed by atoms with Crippen molar-refractivity contribution in [3.63, 3.8) is 0 Å². The number of rotatable bonds is 6.